The summed E-state index contributed by atoms with van der Waals surface area (Å²) in [6.45, 7) is 2.60. The monoisotopic (exact) mass is 363 g/mol. The number of hydrogen-bond donors (Lipinski definition) is 1. The lowest BCUT2D eigenvalue weighted by molar-refractivity contribution is 0.101. The average Bonchev–Trinajstić information content (AvgIpc) is 2.70. The van der Waals surface area contributed by atoms with E-state index < -0.39 is 0 Å². The molecule has 27 heavy (non-hydrogen) atoms. The van der Waals surface area contributed by atoms with Gasteiger partial charge in [-0.1, -0.05) is 37.3 Å². The summed E-state index contributed by atoms with van der Waals surface area (Å²) >= 11 is 0. The number of hydrogen-bond acceptors (Lipinski definition) is 4. The van der Waals surface area contributed by atoms with Gasteiger partial charge in [-0.05, 0) is 42.3 Å². The number of rotatable bonds is 7. The van der Waals surface area contributed by atoms with Crippen molar-refractivity contribution in [3.8, 4) is 5.75 Å². The minimum Gasteiger partial charge on any atom is -0.492 e. The lowest BCUT2D eigenvalue weighted by Gasteiger charge is -2.09. The Balaban J connectivity index is 1.64. The SMILES string of the molecule is CCc1ccc(NC(=O)c2ccc(=O)n(CCOc3ccccc3)n2)cc1. The summed E-state index contributed by atoms with van der Waals surface area (Å²) < 4.78 is 6.82. The number of aryl methyl sites for hydroxylation is 1. The van der Waals surface area contributed by atoms with Crippen LogP contribution >= 0.6 is 0 Å². The second-order valence-corrected chi connectivity index (χ2v) is 5.95. The van der Waals surface area contributed by atoms with Crippen LogP contribution < -0.4 is 15.6 Å². The van der Waals surface area contributed by atoms with Crippen LogP contribution in [0.15, 0.2) is 71.5 Å². The molecule has 3 aromatic rings. The Labute approximate surface area is 157 Å². The van der Waals surface area contributed by atoms with Crippen molar-refractivity contribution in [1.82, 2.24) is 9.78 Å². The van der Waals surface area contributed by atoms with Crippen LogP contribution in [0.5, 0.6) is 5.75 Å². The first kappa shape index (κ1) is 18.4. The molecule has 0 radical (unpaired) electrons. The number of nitrogens with zero attached hydrogens (tertiary/aromatic N) is 2. The van der Waals surface area contributed by atoms with Crippen molar-refractivity contribution < 1.29 is 9.53 Å². The molecule has 0 fully saturated rings. The van der Waals surface area contributed by atoms with Crippen LogP contribution in [-0.4, -0.2) is 22.3 Å². The van der Waals surface area contributed by atoms with Gasteiger partial charge in [0.25, 0.3) is 11.5 Å². The number of ether oxygens (including phenoxy) is 1. The van der Waals surface area contributed by atoms with Gasteiger partial charge in [0, 0.05) is 11.8 Å². The zero-order valence-corrected chi connectivity index (χ0v) is 15.1. The van der Waals surface area contributed by atoms with E-state index in [0.717, 1.165) is 12.2 Å². The molecule has 1 N–H and O–H groups in total. The summed E-state index contributed by atoms with van der Waals surface area (Å²) in [6.07, 6.45) is 0.936. The lowest BCUT2D eigenvalue weighted by Crippen LogP contribution is -2.28. The molecule has 0 atom stereocenters. The maximum absolute atomic E-state index is 12.4. The number of anilines is 1. The molecular formula is C21H21N3O3. The molecule has 0 aliphatic rings. The van der Waals surface area contributed by atoms with Gasteiger partial charge in [0.15, 0.2) is 0 Å². The van der Waals surface area contributed by atoms with Crippen LogP contribution in [0.1, 0.15) is 23.0 Å². The maximum Gasteiger partial charge on any atom is 0.276 e. The molecule has 138 valence electrons. The summed E-state index contributed by atoms with van der Waals surface area (Å²) in [5.74, 6) is 0.354. The number of aromatic nitrogens is 2. The van der Waals surface area contributed by atoms with Crippen molar-refractivity contribution in [3.05, 3.63) is 88.3 Å². The quantitative estimate of drug-likeness (QED) is 0.700. The predicted molar refractivity (Wildman–Crippen MR) is 104 cm³/mol. The first-order chi connectivity index (χ1) is 13.2. The minimum atomic E-state index is -0.364. The van der Waals surface area contributed by atoms with E-state index in [9.17, 15) is 9.59 Å². The Morgan fingerprint density at radius 3 is 2.48 bits per heavy atom. The molecule has 6 heteroatoms. The summed E-state index contributed by atoms with van der Waals surface area (Å²) in [6, 6.07) is 19.7. The molecule has 1 aromatic heterocycles. The molecule has 6 nitrogen and oxygen atoms in total. The Morgan fingerprint density at radius 2 is 1.78 bits per heavy atom. The van der Waals surface area contributed by atoms with E-state index in [1.807, 2.05) is 54.6 Å². The van der Waals surface area contributed by atoms with Gasteiger partial charge < -0.3 is 10.1 Å². The first-order valence-corrected chi connectivity index (χ1v) is 8.82. The van der Waals surface area contributed by atoms with Gasteiger partial charge in [0.2, 0.25) is 0 Å². The number of carbonyl (C=O) groups excluding carboxylic acids is 1. The number of carbonyl (C=O) groups is 1. The fraction of sp³-hybridized carbons (Fsp3) is 0.190. The van der Waals surface area contributed by atoms with Gasteiger partial charge in [-0.25, -0.2) is 4.68 Å². The largest absolute Gasteiger partial charge is 0.492 e. The maximum atomic E-state index is 12.4. The minimum absolute atomic E-state index is 0.175. The van der Waals surface area contributed by atoms with Crippen LogP contribution in [0, 0.1) is 0 Å². The molecule has 0 aliphatic carbocycles. The Morgan fingerprint density at radius 1 is 1.04 bits per heavy atom. The van der Waals surface area contributed by atoms with Crippen LogP contribution in [0.3, 0.4) is 0 Å². The molecule has 3 rings (SSSR count). The van der Waals surface area contributed by atoms with Crippen molar-refractivity contribution in [2.24, 2.45) is 0 Å². The first-order valence-electron chi connectivity index (χ1n) is 8.82. The van der Waals surface area contributed by atoms with Crippen molar-refractivity contribution in [2.45, 2.75) is 19.9 Å². The second-order valence-electron chi connectivity index (χ2n) is 5.95. The molecule has 1 heterocycles. The summed E-state index contributed by atoms with van der Waals surface area (Å²) in [4.78, 5) is 24.4. The van der Waals surface area contributed by atoms with Crippen LogP contribution in [-0.2, 0) is 13.0 Å². The van der Waals surface area contributed by atoms with Gasteiger partial charge in [0.05, 0.1) is 6.54 Å². The predicted octanol–water partition coefficient (Wildman–Crippen LogP) is 3.14. The van der Waals surface area contributed by atoms with Crippen LogP contribution in [0.4, 0.5) is 5.69 Å². The highest BCUT2D eigenvalue weighted by atomic mass is 16.5. The Kier molecular flexibility index (Phi) is 5.99. The Bertz CT molecular complexity index is 950. The number of para-hydroxylation sites is 1. The van der Waals surface area contributed by atoms with E-state index in [0.29, 0.717) is 5.69 Å². The van der Waals surface area contributed by atoms with E-state index in [4.69, 9.17) is 4.74 Å². The smallest absolute Gasteiger partial charge is 0.276 e. The average molecular weight is 363 g/mol. The third kappa shape index (κ3) is 5.04. The van der Waals surface area contributed by atoms with Crippen molar-refractivity contribution in [2.75, 3.05) is 11.9 Å². The van der Waals surface area contributed by atoms with Gasteiger partial charge in [-0.2, -0.15) is 5.10 Å². The zero-order chi connectivity index (χ0) is 19.1. The Hall–Kier alpha value is -3.41. The number of benzene rings is 2. The van der Waals surface area contributed by atoms with E-state index in [1.165, 1.54) is 22.4 Å². The van der Waals surface area contributed by atoms with Crippen molar-refractivity contribution in [1.29, 1.82) is 0 Å². The summed E-state index contributed by atoms with van der Waals surface area (Å²) in [5.41, 5.74) is 1.77. The molecule has 0 aliphatic heterocycles. The van der Waals surface area contributed by atoms with Crippen molar-refractivity contribution in [3.63, 3.8) is 0 Å². The topological polar surface area (TPSA) is 73.2 Å². The summed E-state index contributed by atoms with van der Waals surface area (Å²) in [7, 11) is 0. The number of amides is 1. The second kappa shape index (κ2) is 8.80. The zero-order valence-electron chi connectivity index (χ0n) is 15.1. The molecular weight excluding hydrogens is 342 g/mol. The van der Waals surface area contributed by atoms with E-state index >= 15 is 0 Å². The molecule has 0 saturated carbocycles. The van der Waals surface area contributed by atoms with E-state index in [-0.39, 0.29) is 30.3 Å². The fourth-order valence-corrected chi connectivity index (χ4v) is 2.52. The summed E-state index contributed by atoms with van der Waals surface area (Å²) in [5, 5.41) is 6.94. The van der Waals surface area contributed by atoms with E-state index in [1.54, 1.807) is 0 Å². The molecule has 0 unspecified atom stereocenters. The molecule has 1 amide bonds. The molecule has 2 aromatic carbocycles. The third-order valence-corrected chi connectivity index (χ3v) is 4.03. The molecule has 0 saturated heterocycles. The molecule has 0 spiro atoms. The highest BCUT2D eigenvalue weighted by molar-refractivity contribution is 6.02. The van der Waals surface area contributed by atoms with Gasteiger partial charge in [-0.15, -0.1) is 0 Å². The normalized spacial score (nSPS) is 10.4. The third-order valence-electron chi connectivity index (χ3n) is 4.03. The fourth-order valence-electron chi connectivity index (χ4n) is 2.52. The van der Waals surface area contributed by atoms with E-state index in [2.05, 4.69) is 17.3 Å². The van der Waals surface area contributed by atoms with Crippen molar-refractivity contribution >= 4 is 11.6 Å². The van der Waals surface area contributed by atoms with Crippen LogP contribution in [0.25, 0.3) is 0 Å². The van der Waals surface area contributed by atoms with Gasteiger partial charge in [0.1, 0.15) is 18.1 Å². The highest BCUT2D eigenvalue weighted by Gasteiger charge is 2.10. The van der Waals surface area contributed by atoms with Gasteiger partial charge in [-0.3, -0.25) is 9.59 Å². The van der Waals surface area contributed by atoms with Gasteiger partial charge >= 0.3 is 0 Å². The standard InChI is InChI=1S/C21H21N3O3/c1-2-16-8-10-17(11-9-16)22-21(26)19-12-13-20(25)24(23-19)14-15-27-18-6-4-3-5-7-18/h3-13H,2,14-15H2,1H3,(H,22,26). The van der Waals surface area contributed by atoms with Crippen LogP contribution in [0.2, 0.25) is 0 Å². The molecule has 0 bridgehead atoms. The lowest BCUT2D eigenvalue weighted by atomic mass is 10.1. The highest BCUT2D eigenvalue weighted by Crippen LogP contribution is 2.11. The number of nitrogens with one attached hydrogen (secondary N) is 1.